The molecular formula is C27H23BrN2O5S. The molecule has 0 atom stereocenters. The Morgan fingerprint density at radius 1 is 0.806 bits per heavy atom. The molecule has 1 aliphatic rings. The Labute approximate surface area is 222 Å². The normalized spacial score (nSPS) is 13.1. The first kappa shape index (κ1) is 25.4. The van der Waals surface area contributed by atoms with E-state index in [1.54, 1.807) is 12.1 Å². The summed E-state index contributed by atoms with van der Waals surface area (Å²) in [6.07, 6.45) is 1.47. The van der Waals surface area contributed by atoms with Gasteiger partial charge in [-0.25, -0.2) is 0 Å². The van der Waals surface area contributed by atoms with Gasteiger partial charge in [-0.05, 0) is 66.7 Å². The molecule has 1 heterocycles. The number of carbonyl (C=O) groups excluding carboxylic acids is 2. The molecule has 0 unspecified atom stereocenters. The van der Waals surface area contributed by atoms with Crippen LogP contribution in [0.4, 0.5) is 0 Å². The zero-order chi connectivity index (χ0) is 25.5. The lowest BCUT2D eigenvalue weighted by atomic mass is 10.1. The van der Waals surface area contributed by atoms with Gasteiger partial charge in [0.2, 0.25) is 0 Å². The molecule has 0 radical (unpaired) electrons. The number of carbonyl (C=O) groups is 2. The van der Waals surface area contributed by atoms with Gasteiger partial charge in [0.25, 0.3) is 11.8 Å². The summed E-state index contributed by atoms with van der Waals surface area (Å²) in [5.74, 6) is 0.635. The van der Waals surface area contributed by atoms with E-state index in [0.717, 1.165) is 15.6 Å². The van der Waals surface area contributed by atoms with Crippen LogP contribution in [0, 0.1) is 0 Å². The Bertz CT molecular complexity index is 1300. The van der Waals surface area contributed by atoms with Gasteiger partial charge in [-0.3, -0.25) is 20.2 Å². The van der Waals surface area contributed by atoms with Gasteiger partial charge in [0.1, 0.15) is 24.5 Å². The number of ether oxygens (including phenoxy) is 3. The van der Waals surface area contributed by atoms with Crippen molar-refractivity contribution in [1.82, 2.24) is 10.6 Å². The second-order valence-corrected chi connectivity index (χ2v) is 9.08. The van der Waals surface area contributed by atoms with Gasteiger partial charge in [0, 0.05) is 10.0 Å². The van der Waals surface area contributed by atoms with Crippen molar-refractivity contribution in [1.29, 1.82) is 0 Å². The summed E-state index contributed by atoms with van der Waals surface area (Å²) in [6, 6.07) is 20.9. The minimum atomic E-state index is -0.567. The predicted molar refractivity (Wildman–Crippen MR) is 144 cm³/mol. The molecule has 0 aliphatic carbocycles. The van der Waals surface area contributed by atoms with E-state index in [2.05, 4.69) is 26.6 Å². The summed E-state index contributed by atoms with van der Waals surface area (Å²) in [7, 11) is 0. The van der Waals surface area contributed by atoms with Crippen molar-refractivity contribution in [2.24, 2.45) is 0 Å². The minimum Gasteiger partial charge on any atom is -0.490 e. The number of hydrogen-bond donors (Lipinski definition) is 2. The number of amides is 2. The highest BCUT2D eigenvalue weighted by molar-refractivity contribution is 9.10. The standard InChI is InChI=1S/C27H23BrN2O5S/c1-2-33-24-12-18(8-10-23(24)35-15-17-6-4-3-5-7-17)16-34-22-11-9-20(28)13-19(22)14-21-25(31)29-27(36)30-26(21)32/h3-14H,2,15-16H2,1H3,(H2,29,30,31,32,36). The number of benzene rings is 3. The van der Waals surface area contributed by atoms with Crippen LogP contribution in [0.1, 0.15) is 23.6 Å². The van der Waals surface area contributed by atoms with Crippen LogP contribution in [0.3, 0.4) is 0 Å². The SMILES string of the molecule is CCOc1cc(COc2ccc(Br)cc2C=C2C(=O)NC(=S)NC2=O)ccc1OCc1ccccc1. The number of nitrogens with one attached hydrogen (secondary N) is 2. The molecular weight excluding hydrogens is 544 g/mol. The maximum Gasteiger partial charge on any atom is 0.263 e. The fourth-order valence-electron chi connectivity index (χ4n) is 3.45. The highest BCUT2D eigenvalue weighted by Crippen LogP contribution is 2.31. The van der Waals surface area contributed by atoms with E-state index in [1.807, 2.05) is 61.5 Å². The molecule has 4 rings (SSSR count). The predicted octanol–water partition coefficient (Wildman–Crippen LogP) is 4.92. The lowest BCUT2D eigenvalue weighted by Crippen LogP contribution is -2.51. The Balaban J connectivity index is 1.51. The molecule has 0 saturated carbocycles. The number of thiocarbonyl (C=S) groups is 1. The van der Waals surface area contributed by atoms with Gasteiger partial charge in [0.05, 0.1) is 6.61 Å². The van der Waals surface area contributed by atoms with Crippen LogP contribution in [0.2, 0.25) is 0 Å². The Morgan fingerprint density at radius 3 is 2.19 bits per heavy atom. The molecule has 1 fully saturated rings. The fourth-order valence-corrected chi connectivity index (χ4v) is 4.02. The Morgan fingerprint density at radius 2 is 1.47 bits per heavy atom. The number of hydrogen-bond acceptors (Lipinski definition) is 6. The third kappa shape index (κ3) is 6.50. The molecule has 0 spiro atoms. The van der Waals surface area contributed by atoms with Gasteiger partial charge in [-0.1, -0.05) is 52.3 Å². The summed E-state index contributed by atoms with van der Waals surface area (Å²) >= 11 is 8.28. The first-order valence-electron chi connectivity index (χ1n) is 11.2. The molecule has 1 aliphatic heterocycles. The molecule has 1 saturated heterocycles. The Hall–Kier alpha value is -3.69. The molecule has 184 valence electrons. The van der Waals surface area contributed by atoms with Crippen LogP contribution in [0.25, 0.3) is 6.08 Å². The van der Waals surface area contributed by atoms with Crippen LogP contribution < -0.4 is 24.8 Å². The van der Waals surface area contributed by atoms with Crippen LogP contribution in [0.15, 0.2) is 76.8 Å². The lowest BCUT2D eigenvalue weighted by Gasteiger charge is -2.17. The molecule has 2 amide bonds. The summed E-state index contributed by atoms with van der Waals surface area (Å²) in [5, 5.41) is 4.84. The van der Waals surface area contributed by atoms with E-state index in [-0.39, 0.29) is 17.3 Å². The summed E-state index contributed by atoms with van der Waals surface area (Å²) in [6.45, 7) is 3.07. The van der Waals surface area contributed by atoms with Crippen molar-refractivity contribution in [3.05, 3.63) is 93.5 Å². The van der Waals surface area contributed by atoms with E-state index in [0.29, 0.717) is 36.0 Å². The molecule has 3 aromatic carbocycles. The zero-order valence-electron chi connectivity index (χ0n) is 19.4. The van der Waals surface area contributed by atoms with Crippen molar-refractivity contribution in [2.75, 3.05) is 6.61 Å². The highest BCUT2D eigenvalue weighted by atomic mass is 79.9. The average Bonchev–Trinajstić information content (AvgIpc) is 2.86. The van der Waals surface area contributed by atoms with E-state index in [9.17, 15) is 9.59 Å². The van der Waals surface area contributed by atoms with Crippen molar-refractivity contribution >= 4 is 51.2 Å². The van der Waals surface area contributed by atoms with Gasteiger partial charge in [-0.15, -0.1) is 0 Å². The first-order chi connectivity index (χ1) is 17.4. The first-order valence-corrected chi connectivity index (χ1v) is 12.4. The quantitative estimate of drug-likeness (QED) is 0.217. The second kappa shape index (κ2) is 11.8. The smallest absolute Gasteiger partial charge is 0.263 e. The Kier molecular flexibility index (Phi) is 8.35. The highest BCUT2D eigenvalue weighted by Gasteiger charge is 2.26. The van der Waals surface area contributed by atoms with Gasteiger partial charge in [0.15, 0.2) is 16.6 Å². The average molecular weight is 567 g/mol. The van der Waals surface area contributed by atoms with E-state index >= 15 is 0 Å². The molecule has 0 aromatic heterocycles. The molecule has 3 aromatic rings. The molecule has 7 nitrogen and oxygen atoms in total. The van der Waals surface area contributed by atoms with Crippen LogP contribution in [-0.4, -0.2) is 23.5 Å². The largest absolute Gasteiger partial charge is 0.490 e. The van der Waals surface area contributed by atoms with E-state index in [1.165, 1.54) is 6.08 Å². The maximum atomic E-state index is 12.3. The number of rotatable bonds is 9. The van der Waals surface area contributed by atoms with E-state index in [4.69, 9.17) is 26.4 Å². The number of halogens is 1. The molecule has 9 heteroatoms. The van der Waals surface area contributed by atoms with Crippen molar-refractivity contribution in [3.63, 3.8) is 0 Å². The van der Waals surface area contributed by atoms with E-state index < -0.39 is 11.8 Å². The van der Waals surface area contributed by atoms with Crippen LogP contribution in [-0.2, 0) is 22.8 Å². The maximum absolute atomic E-state index is 12.3. The lowest BCUT2D eigenvalue weighted by molar-refractivity contribution is -0.123. The summed E-state index contributed by atoms with van der Waals surface area (Å²) in [4.78, 5) is 24.5. The van der Waals surface area contributed by atoms with Crippen molar-refractivity contribution < 1.29 is 23.8 Å². The zero-order valence-corrected chi connectivity index (χ0v) is 21.8. The topological polar surface area (TPSA) is 85.9 Å². The van der Waals surface area contributed by atoms with Crippen molar-refractivity contribution in [2.45, 2.75) is 20.1 Å². The van der Waals surface area contributed by atoms with Crippen LogP contribution >= 0.6 is 28.1 Å². The summed E-state index contributed by atoms with van der Waals surface area (Å²) in [5.41, 5.74) is 2.42. The third-order valence-electron chi connectivity index (χ3n) is 5.15. The van der Waals surface area contributed by atoms with Gasteiger partial charge >= 0.3 is 0 Å². The molecule has 36 heavy (non-hydrogen) atoms. The van der Waals surface area contributed by atoms with Gasteiger partial charge in [-0.2, -0.15) is 0 Å². The van der Waals surface area contributed by atoms with Crippen LogP contribution in [0.5, 0.6) is 17.2 Å². The fraction of sp³-hybridized carbons (Fsp3) is 0.148. The monoisotopic (exact) mass is 566 g/mol. The third-order valence-corrected chi connectivity index (χ3v) is 5.85. The molecule has 0 bridgehead atoms. The van der Waals surface area contributed by atoms with Crippen molar-refractivity contribution in [3.8, 4) is 17.2 Å². The van der Waals surface area contributed by atoms with Gasteiger partial charge < -0.3 is 14.2 Å². The second-order valence-electron chi connectivity index (χ2n) is 7.75. The minimum absolute atomic E-state index is 0.0193. The molecule has 2 N–H and O–H groups in total. The summed E-state index contributed by atoms with van der Waals surface area (Å²) < 4.78 is 18.6.